The van der Waals surface area contributed by atoms with Crippen molar-refractivity contribution in [1.82, 2.24) is 20.4 Å². The Labute approximate surface area is 109 Å². The summed E-state index contributed by atoms with van der Waals surface area (Å²) in [6, 6.07) is 0.442. The zero-order valence-electron chi connectivity index (χ0n) is 11.7. The summed E-state index contributed by atoms with van der Waals surface area (Å²) < 4.78 is 2.00. The number of aliphatic imine (C=N–C) groups is 1. The van der Waals surface area contributed by atoms with Crippen molar-refractivity contribution < 1.29 is 0 Å². The summed E-state index contributed by atoms with van der Waals surface area (Å²) in [5.41, 5.74) is 3.83. The first-order valence-electron chi connectivity index (χ1n) is 6.74. The molecular formula is C13H23N5. The van der Waals surface area contributed by atoms with Crippen molar-refractivity contribution in [3.05, 3.63) is 17.0 Å². The fourth-order valence-corrected chi connectivity index (χ4v) is 2.43. The van der Waals surface area contributed by atoms with Gasteiger partial charge in [0, 0.05) is 30.9 Å². The Kier molecular flexibility index (Phi) is 3.89. The monoisotopic (exact) mass is 249 g/mol. The van der Waals surface area contributed by atoms with Gasteiger partial charge in [-0.05, 0) is 19.8 Å². The van der Waals surface area contributed by atoms with Crippen molar-refractivity contribution in [3.8, 4) is 0 Å². The molecule has 2 N–H and O–H groups in total. The minimum atomic E-state index is 0.442. The lowest BCUT2D eigenvalue weighted by Gasteiger charge is -2.10. The van der Waals surface area contributed by atoms with Crippen LogP contribution in [0, 0.1) is 0 Å². The average Bonchev–Trinajstić information content (AvgIpc) is 2.90. The van der Waals surface area contributed by atoms with Crippen LogP contribution in [0.3, 0.4) is 0 Å². The Bertz CT molecular complexity index is 446. The molecule has 1 aliphatic rings. The quantitative estimate of drug-likeness (QED) is 0.836. The molecule has 1 aliphatic heterocycles. The molecule has 100 valence electrons. The van der Waals surface area contributed by atoms with E-state index in [1.165, 1.54) is 17.0 Å². The van der Waals surface area contributed by atoms with Crippen molar-refractivity contribution in [2.45, 2.75) is 46.2 Å². The van der Waals surface area contributed by atoms with Crippen molar-refractivity contribution >= 4 is 5.96 Å². The Morgan fingerprint density at radius 2 is 2.17 bits per heavy atom. The molecule has 0 aliphatic carbocycles. The van der Waals surface area contributed by atoms with Gasteiger partial charge < -0.3 is 10.6 Å². The average molecular weight is 249 g/mol. The lowest BCUT2D eigenvalue weighted by Crippen LogP contribution is -2.37. The maximum Gasteiger partial charge on any atom is 0.191 e. The van der Waals surface area contributed by atoms with Gasteiger partial charge in [0.2, 0.25) is 0 Å². The van der Waals surface area contributed by atoms with Gasteiger partial charge >= 0.3 is 0 Å². The standard InChI is InChI=1S/C13H23N5/c1-5-11-10(12(6-2)18(4)17-11)8-15-13-14-7-9(3)16-13/h9H,5-8H2,1-4H3,(H2,14,15,16). The fraction of sp³-hybridized carbons (Fsp3) is 0.692. The Balaban J connectivity index is 2.08. The van der Waals surface area contributed by atoms with Crippen LogP contribution >= 0.6 is 0 Å². The second-order valence-corrected chi connectivity index (χ2v) is 4.79. The Hall–Kier alpha value is -1.52. The second kappa shape index (κ2) is 5.42. The fourth-order valence-electron chi connectivity index (χ4n) is 2.43. The highest BCUT2D eigenvalue weighted by Gasteiger charge is 2.16. The largest absolute Gasteiger partial charge is 0.352 e. The third-order valence-corrected chi connectivity index (χ3v) is 3.37. The lowest BCUT2D eigenvalue weighted by atomic mass is 10.1. The Morgan fingerprint density at radius 3 is 2.72 bits per heavy atom. The third kappa shape index (κ3) is 2.49. The van der Waals surface area contributed by atoms with E-state index in [-0.39, 0.29) is 0 Å². The van der Waals surface area contributed by atoms with Gasteiger partial charge in [-0.2, -0.15) is 5.10 Å². The number of hydrogen-bond donors (Lipinski definition) is 2. The third-order valence-electron chi connectivity index (χ3n) is 3.37. The number of aromatic nitrogens is 2. The zero-order valence-corrected chi connectivity index (χ0v) is 11.7. The predicted molar refractivity (Wildman–Crippen MR) is 73.7 cm³/mol. The van der Waals surface area contributed by atoms with Gasteiger partial charge in [-0.1, -0.05) is 13.8 Å². The Morgan fingerprint density at radius 1 is 1.39 bits per heavy atom. The van der Waals surface area contributed by atoms with Crippen molar-refractivity contribution in [1.29, 1.82) is 0 Å². The molecule has 1 aromatic heterocycles. The van der Waals surface area contributed by atoms with E-state index in [0.29, 0.717) is 6.04 Å². The van der Waals surface area contributed by atoms with E-state index in [4.69, 9.17) is 0 Å². The van der Waals surface area contributed by atoms with E-state index >= 15 is 0 Å². The molecule has 18 heavy (non-hydrogen) atoms. The summed E-state index contributed by atoms with van der Waals surface area (Å²) in [6.07, 6.45) is 1.98. The van der Waals surface area contributed by atoms with Gasteiger partial charge in [0.05, 0.1) is 12.2 Å². The maximum atomic E-state index is 4.58. The van der Waals surface area contributed by atoms with Crippen LogP contribution in [0.5, 0.6) is 0 Å². The number of hydrogen-bond acceptors (Lipinski definition) is 4. The minimum absolute atomic E-state index is 0.442. The molecule has 1 atom stereocenters. The SMILES string of the molecule is CCc1nn(C)c(CC)c1CNC1=NCC(C)N1. The van der Waals surface area contributed by atoms with Crippen LogP contribution < -0.4 is 10.6 Å². The molecule has 0 amide bonds. The van der Waals surface area contributed by atoms with Crippen LogP contribution in [0.2, 0.25) is 0 Å². The first-order valence-corrected chi connectivity index (χ1v) is 6.74. The van der Waals surface area contributed by atoms with Crippen molar-refractivity contribution in [2.75, 3.05) is 6.54 Å². The molecule has 0 saturated carbocycles. The molecule has 1 aromatic rings. The lowest BCUT2D eigenvalue weighted by molar-refractivity contribution is 0.700. The first-order chi connectivity index (χ1) is 8.65. The minimum Gasteiger partial charge on any atom is -0.352 e. The number of guanidine groups is 1. The molecule has 0 bridgehead atoms. The van der Waals surface area contributed by atoms with E-state index < -0.39 is 0 Å². The molecule has 5 nitrogen and oxygen atoms in total. The number of nitrogens with one attached hydrogen (secondary N) is 2. The van der Waals surface area contributed by atoms with Crippen LogP contribution in [0.1, 0.15) is 37.7 Å². The van der Waals surface area contributed by atoms with Crippen molar-refractivity contribution in [3.63, 3.8) is 0 Å². The smallest absolute Gasteiger partial charge is 0.191 e. The predicted octanol–water partition coefficient (Wildman–Crippen LogP) is 0.982. The normalized spacial score (nSPS) is 18.7. The summed E-state index contributed by atoms with van der Waals surface area (Å²) >= 11 is 0. The van der Waals surface area contributed by atoms with Gasteiger partial charge in [0.15, 0.2) is 5.96 Å². The van der Waals surface area contributed by atoms with E-state index in [0.717, 1.165) is 31.9 Å². The van der Waals surface area contributed by atoms with Gasteiger partial charge in [0.1, 0.15) is 0 Å². The van der Waals surface area contributed by atoms with E-state index in [1.54, 1.807) is 0 Å². The van der Waals surface area contributed by atoms with Gasteiger partial charge in [-0.3, -0.25) is 9.67 Å². The molecule has 0 aromatic carbocycles. The van der Waals surface area contributed by atoms with Crippen LogP contribution in [0.25, 0.3) is 0 Å². The summed E-state index contributed by atoms with van der Waals surface area (Å²) in [7, 11) is 2.02. The molecule has 0 radical (unpaired) electrons. The number of nitrogens with zero attached hydrogens (tertiary/aromatic N) is 3. The summed E-state index contributed by atoms with van der Waals surface area (Å²) in [5, 5.41) is 11.3. The summed E-state index contributed by atoms with van der Waals surface area (Å²) in [6.45, 7) is 8.12. The number of rotatable bonds is 4. The maximum absolute atomic E-state index is 4.58. The molecule has 2 heterocycles. The van der Waals surface area contributed by atoms with E-state index in [1.807, 2.05) is 11.7 Å². The molecule has 0 saturated heterocycles. The molecule has 5 heteroatoms. The molecule has 2 rings (SSSR count). The second-order valence-electron chi connectivity index (χ2n) is 4.79. The van der Waals surface area contributed by atoms with Crippen LogP contribution in [-0.2, 0) is 26.4 Å². The van der Waals surface area contributed by atoms with Crippen LogP contribution in [-0.4, -0.2) is 28.3 Å². The summed E-state index contributed by atoms with van der Waals surface area (Å²) in [4.78, 5) is 4.42. The highest BCUT2D eigenvalue weighted by molar-refractivity contribution is 5.81. The molecule has 0 fully saturated rings. The van der Waals surface area contributed by atoms with Gasteiger partial charge in [0.25, 0.3) is 0 Å². The summed E-state index contributed by atoms with van der Waals surface area (Å²) in [5.74, 6) is 0.912. The van der Waals surface area contributed by atoms with E-state index in [9.17, 15) is 0 Å². The van der Waals surface area contributed by atoms with Crippen LogP contribution in [0.4, 0.5) is 0 Å². The molecule has 0 spiro atoms. The van der Waals surface area contributed by atoms with Crippen LogP contribution in [0.15, 0.2) is 4.99 Å². The first kappa shape index (κ1) is 12.9. The zero-order chi connectivity index (χ0) is 13.1. The topological polar surface area (TPSA) is 54.2 Å². The molecule has 1 unspecified atom stereocenters. The highest BCUT2D eigenvalue weighted by Crippen LogP contribution is 2.15. The van der Waals surface area contributed by atoms with Crippen molar-refractivity contribution in [2.24, 2.45) is 12.0 Å². The van der Waals surface area contributed by atoms with Gasteiger partial charge in [-0.25, -0.2) is 0 Å². The van der Waals surface area contributed by atoms with Gasteiger partial charge in [-0.15, -0.1) is 0 Å². The molecular weight excluding hydrogens is 226 g/mol. The van der Waals surface area contributed by atoms with E-state index in [2.05, 4.69) is 41.5 Å². The number of aryl methyl sites for hydroxylation is 2. The highest BCUT2D eigenvalue weighted by atomic mass is 15.3.